The summed E-state index contributed by atoms with van der Waals surface area (Å²) in [4.78, 5) is 0. The molecule has 1 aromatic carbocycles. The van der Waals surface area contributed by atoms with Crippen molar-refractivity contribution in [2.45, 2.75) is 62.8 Å². The van der Waals surface area contributed by atoms with Crippen molar-refractivity contribution < 1.29 is 14.6 Å². The molecule has 0 radical (unpaired) electrons. The number of ether oxygens (including phenoxy) is 2. The van der Waals surface area contributed by atoms with Crippen LogP contribution in [0, 0.1) is 0 Å². The predicted molar refractivity (Wildman–Crippen MR) is 71.4 cm³/mol. The van der Waals surface area contributed by atoms with Crippen molar-refractivity contribution in [3.8, 4) is 11.5 Å². The maximum Gasteiger partial charge on any atom is 0.251 e. The minimum Gasteiger partial charge on any atom is -0.448 e. The van der Waals surface area contributed by atoms with E-state index in [4.69, 9.17) is 9.47 Å². The van der Waals surface area contributed by atoms with Crippen LogP contribution in [-0.4, -0.2) is 16.5 Å². The summed E-state index contributed by atoms with van der Waals surface area (Å²) in [6.45, 7) is 0. The molecule has 0 atom stereocenters. The van der Waals surface area contributed by atoms with Crippen molar-refractivity contribution in [3.63, 3.8) is 0 Å². The highest BCUT2D eigenvalue weighted by atomic mass is 16.7. The zero-order valence-corrected chi connectivity index (χ0v) is 11.2. The maximum atomic E-state index is 10.0. The summed E-state index contributed by atoms with van der Waals surface area (Å²) in [5.74, 6) is 1.34. The molecule has 1 spiro atoms. The van der Waals surface area contributed by atoms with Crippen LogP contribution in [0.3, 0.4) is 0 Å². The van der Waals surface area contributed by atoms with Gasteiger partial charge in [0, 0.05) is 19.3 Å². The lowest BCUT2D eigenvalue weighted by atomic mass is 9.94. The molecule has 0 unspecified atom stereocenters. The van der Waals surface area contributed by atoms with Gasteiger partial charge in [0.05, 0.1) is 5.60 Å². The topological polar surface area (TPSA) is 38.7 Å². The number of hydrogen-bond donors (Lipinski definition) is 1. The van der Waals surface area contributed by atoms with E-state index in [9.17, 15) is 5.11 Å². The first-order valence-corrected chi connectivity index (χ1v) is 7.40. The Hall–Kier alpha value is -1.22. The number of benzene rings is 1. The zero-order chi connectivity index (χ0) is 12.9. The summed E-state index contributed by atoms with van der Waals surface area (Å²) in [5, 5.41) is 10.0. The van der Waals surface area contributed by atoms with Crippen LogP contribution in [0.5, 0.6) is 11.5 Å². The van der Waals surface area contributed by atoms with Gasteiger partial charge in [-0.1, -0.05) is 12.5 Å². The minimum absolute atomic E-state index is 0.393. The Morgan fingerprint density at radius 3 is 2.42 bits per heavy atom. The Labute approximate surface area is 113 Å². The van der Waals surface area contributed by atoms with Gasteiger partial charge in [-0.15, -0.1) is 0 Å². The number of fused-ring (bicyclic) bond motifs is 1. The molecule has 2 saturated carbocycles. The molecule has 1 aromatic rings. The molecular weight excluding hydrogens is 240 g/mol. The van der Waals surface area contributed by atoms with Crippen LogP contribution >= 0.6 is 0 Å². The molecule has 19 heavy (non-hydrogen) atoms. The smallest absolute Gasteiger partial charge is 0.251 e. The normalized spacial score (nSPS) is 25.5. The van der Waals surface area contributed by atoms with E-state index in [2.05, 4.69) is 12.1 Å². The highest BCUT2D eigenvalue weighted by Gasteiger charge is 2.43. The highest BCUT2D eigenvalue weighted by Crippen LogP contribution is 2.47. The van der Waals surface area contributed by atoms with Gasteiger partial charge in [-0.25, -0.2) is 0 Å². The molecule has 1 heterocycles. The van der Waals surface area contributed by atoms with Gasteiger partial charge < -0.3 is 14.6 Å². The van der Waals surface area contributed by atoms with Crippen LogP contribution in [0.15, 0.2) is 18.2 Å². The second-order valence-electron chi connectivity index (χ2n) is 6.36. The second-order valence-corrected chi connectivity index (χ2v) is 6.36. The first kappa shape index (κ1) is 11.6. The van der Waals surface area contributed by atoms with Crippen LogP contribution < -0.4 is 9.47 Å². The van der Waals surface area contributed by atoms with E-state index in [0.29, 0.717) is 0 Å². The fraction of sp³-hybridized carbons (Fsp3) is 0.625. The van der Waals surface area contributed by atoms with Crippen molar-refractivity contribution >= 4 is 0 Å². The van der Waals surface area contributed by atoms with Crippen molar-refractivity contribution in [3.05, 3.63) is 23.8 Å². The van der Waals surface area contributed by atoms with Gasteiger partial charge in [0.1, 0.15) is 0 Å². The third kappa shape index (κ3) is 2.10. The molecule has 3 nitrogen and oxygen atoms in total. The molecule has 1 aliphatic heterocycles. The summed E-state index contributed by atoms with van der Waals surface area (Å²) >= 11 is 0. The van der Waals surface area contributed by atoms with Crippen molar-refractivity contribution in [2.24, 2.45) is 0 Å². The molecule has 1 N–H and O–H groups in total. The van der Waals surface area contributed by atoms with Crippen LogP contribution in [0.2, 0.25) is 0 Å². The molecule has 0 aromatic heterocycles. The molecule has 4 rings (SSSR count). The number of rotatable bonds is 2. The standard InChI is InChI=1S/C16H20O3/c17-15(8-9-15)11-12-4-5-13-14(10-12)19-16(18-13)6-2-1-3-7-16/h4-5,10,17H,1-3,6-9,11H2. The van der Waals surface area contributed by atoms with E-state index < -0.39 is 11.4 Å². The summed E-state index contributed by atoms with van der Waals surface area (Å²) in [6, 6.07) is 6.11. The van der Waals surface area contributed by atoms with E-state index in [-0.39, 0.29) is 0 Å². The van der Waals surface area contributed by atoms with Gasteiger partial charge in [-0.05, 0) is 43.4 Å². The lowest BCUT2D eigenvalue weighted by Gasteiger charge is -2.31. The zero-order valence-electron chi connectivity index (χ0n) is 11.2. The largest absolute Gasteiger partial charge is 0.448 e. The van der Waals surface area contributed by atoms with E-state index in [0.717, 1.165) is 49.2 Å². The first-order valence-electron chi connectivity index (χ1n) is 7.40. The third-order valence-corrected chi connectivity index (χ3v) is 4.58. The monoisotopic (exact) mass is 260 g/mol. The third-order valence-electron chi connectivity index (χ3n) is 4.58. The average Bonchev–Trinajstić information content (AvgIpc) is 3.00. The first-order chi connectivity index (χ1) is 9.17. The van der Waals surface area contributed by atoms with Gasteiger partial charge in [0.25, 0.3) is 5.79 Å². The molecule has 3 heteroatoms. The van der Waals surface area contributed by atoms with Gasteiger partial charge >= 0.3 is 0 Å². The average molecular weight is 260 g/mol. The Morgan fingerprint density at radius 2 is 1.68 bits per heavy atom. The Kier molecular flexibility index (Phi) is 2.37. The molecule has 2 aliphatic carbocycles. The second kappa shape index (κ2) is 3.89. The van der Waals surface area contributed by atoms with E-state index in [1.165, 1.54) is 19.3 Å². The molecule has 0 bridgehead atoms. The summed E-state index contributed by atoms with van der Waals surface area (Å²) < 4.78 is 12.2. The van der Waals surface area contributed by atoms with E-state index in [1.54, 1.807) is 0 Å². The predicted octanol–water partition coefficient (Wildman–Crippen LogP) is 3.19. The molecule has 0 amide bonds. The Balaban J connectivity index is 1.56. The summed E-state index contributed by atoms with van der Waals surface area (Å²) in [5.41, 5.74) is 0.700. The fourth-order valence-corrected chi connectivity index (χ4v) is 3.24. The lowest BCUT2D eigenvalue weighted by Crippen LogP contribution is -2.40. The molecule has 3 aliphatic rings. The maximum absolute atomic E-state index is 10.0. The van der Waals surface area contributed by atoms with Crippen LogP contribution in [0.4, 0.5) is 0 Å². The highest BCUT2D eigenvalue weighted by molar-refractivity contribution is 5.46. The van der Waals surface area contributed by atoms with Crippen molar-refractivity contribution in [1.29, 1.82) is 0 Å². The van der Waals surface area contributed by atoms with Gasteiger partial charge in [-0.3, -0.25) is 0 Å². The van der Waals surface area contributed by atoms with Crippen molar-refractivity contribution in [1.82, 2.24) is 0 Å². The van der Waals surface area contributed by atoms with Crippen molar-refractivity contribution in [2.75, 3.05) is 0 Å². The van der Waals surface area contributed by atoms with Crippen LogP contribution in [-0.2, 0) is 6.42 Å². The van der Waals surface area contributed by atoms with E-state index in [1.807, 2.05) is 6.07 Å². The molecular formula is C16H20O3. The molecule has 102 valence electrons. The number of aliphatic hydroxyl groups is 1. The lowest BCUT2D eigenvalue weighted by molar-refractivity contribution is -0.105. The summed E-state index contributed by atoms with van der Waals surface area (Å²) in [7, 11) is 0. The van der Waals surface area contributed by atoms with Gasteiger partial charge in [-0.2, -0.15) is 0 Å². The van der Waals surface area contributed by atoms with Gasteiger partial charge in [0.15, 0.2) is 11.5 Å². The van der Waals surface area contributed by atoms with E-state index >= 15 is 0 Å². The quantitative estimate of drug-likeness (QED) is 0.887. The Morgan fingerprint density at radius 1 is 0.947 bits per heavy atom. The Bertz CT molecular complexity index is 499. The molecule has 2 fully saturated rings. The SMILES string of the molecule is OC1(Cc2ccc3c(c2)OC2(CCCCC2)O3)CC1. The number of hydrogen-bond acceptors (Lipinski definition) is 3. The fourth-order valence-electron chi connectivity index (χ4n) is 3.24. The summed E-state index contributed by atoms with van der Waals surface area (Å²) in [6.07, 6.45) is 8.19. The minimum atomic E-state index is -0.448. The van der Waals surface area contributed by atoms with Gasteiger partial charge in [0.2, 0.25) is 0 Å². The molecule has 0 saturated heterocycles. The van der Waals surface area contributed by atoms with Crippen LogP contribution in [0.1, 0.15) is 50.5 Å². The van der Waals surface area contributed by atoms with Crippen LogP contribution in [0.25, 0.3) is 0 Å².